The molecule has 2 heterocycles. The van der Waals surface area contributed by atoms with E-state index in [1.807, 2.05) is 26.0 Å². The van der Waals surface area contributed by atoms with Gasteiger partial charge in [0.2, 0.25) is 5.95 Å². The predicted molar refractivity (Wildman–Crippen MR) is 86.4 cm³/mol. The highest BCUT2D eigenvalue weighted by molar-refractivity contribution is 5.92. The number of hydrogen-bond donors (Lipinski definition) is 1. The number of carbonyl (C=O) groups is 1. The van der Waals surface area contributed by atoms with Gasteiger partial charge in [-0.05, 0) is 44.9 Å². The number of aromatic nitrogens is 2. The van der Waals surface area contributed by atoms with Crippen LogP contribution in [0.1, 0.15) is 36.8 Å². The number of anilines is 2. The monoisotopic (exact) mass is 296 g/mol. The molecule has 114 valence electrons. The van der Waals surface area contributed by atoms with Crippen molar-refractivity contribution in [3.63, 3.8) is 0 Å². The Balaban J connectivity index is 1.94. The first-order valence-electron chi connectivity index (χ1n) is 7.57. The van der Waals surface area contributed by atoms with Crippen molar-refractivity contribution in [3.05, 3.63) is 47.8 Å². The molecule has 0 bridgehead atoms. The zero-order valence-electron chi connectivity index (χ0n) is 13.1. The Morgan fingerprint density at radius 2 is 2.09 bits per heavy atom. The fourth-order valence-corrected chi connectivity index (χ4v) is 2.80. The van der Waals surface area contributed by atoms with Gasteiger partial charge < -0.3 is 10.2 Å². The van der Waals surface area contributed by atoms with E-state index >= 15 is 0 Å². The van der Waals surface area contributed by atoms with Gasteiger partial charge in [-0.2, -0.15) is 0 Å². The molecule has 1 aromatic heterocycles. The largest absolute Gasteiger partial charge is 0.349 e. The lowest BCUT2D eigenvalue weighted by molar-refractivity contribution is 0.0938. The Bertz CT molecular complexity index is 699. The summed E-state index contributed by atoms with van der Waals surface area (Å²) in [4.78, 5) is 23.1. The summed E-state index contributed by atoms with van der Waals surface area (Å²) in [6.07, 6.45) is 2.60. The van der Waals surface area contributed by atoms with Crippen molar-refractivity contribution in [1.82, 2.24) is 15.3 Å². The minimum Gasteiger partial charge on any atom is -0.349 e. The van der Waals surface area contributed by atoms with Gasteiger partial charge in [-0.1, -0.05) is 18.2 Å². The van der Waals surface area contributed by atoms with Crippen LogP contribution in [0.5, 0.6) is 0 Å². The van der Waals surface area contributed by atoms with Crippen LogP contribution in [0.3, 0.4) is 0 Å². The summed E-state index contributed by atoms with van der Waals surface area (Å²) in [6, 6.07) is 10.3. The normalized spacial score (nSPS) is 16.7. The molecule has 1 atom stereocenters. The number of para-hydroxylation sites is 1. The molecule has 1 aromatic carbocycles. The Hall–Kier alpha value is -2.43. The molecular formula is C17H20N4O. The van der Waals surface area contributed by atoms with Crippen molar-refractivity contribution in [2.45, 2.75) is 39.3 Å². The summed E-state index contributed by atoms with van der Waals surface area (Å²) in [7, 11) is 0. The molecule has 2 aromatic rings. The molecule has 0 fully saturated rings. The highest BCUT2D eigenvalue weighted by Gasteiger charge is 2.29. The lowest BCUT2D eigenvalue weighted by Gasteiger charge is -2.22. The average molecular weight is 296 g/mol. The molecule has 3 rings (SSSR count). The molecule has 1 aliphatic rings. The van der Waals surface area contributed by atoms with Crippen LogP contribution in [0, 0.1) is 0 Å². The maximum atomic E-state index is 12.1. The second-order valence-corrected chi connectivity index (χ2v) is 5.92. The first kappa shape index (κ1) is 14.5. The summed E-state index contributed by atoms with van der Waals surface area (Å²) in [5.74, 6) is 0.410. The number of amides is 1. The summed E-state index contributed by atoms with van der Waals surface area (Å²) >= 11 is 0. The Morgan fingerprint density at radius 3 is 2.86 bits per heavy atom. The van der Waals surface area contributed by atoms with E-state index < -0.39 is 0 Å². The molecule has 0 saturated carbocycles. The van der Waals surface area contributed by atoms with Crippen LogP contribution >= 0.6 is 0 Å². The van der Waals surface area contributed by atoms with Crippen LogP contribution in [0.25, 0.3) is 0 Å². The van der Waals surface area contributed by atoms with E-state index in [-0.39, 0.29) is 18.0 Å². The summed E-state index contributed by atoms with van der Waals surface area (Å²) in [5, 5.41) is 2.86. The molecule has 1 amide bonds. The van der Waals surface area contributed by atoms with Crippen LogP contribution < -0.4 is 10.2 Å². The quantitative estimate of drug-likeness (QED) is 0.946. The third-order valence-corrected chi connectivity index (χ3v) is 3.72. The number of benzene rings is 1. The van der Waals surface area contributed by atoms with Crippen molar-refractivity contribution in [2.24, 2.45) is 0 Å². The molecule has 5 heteroatoms. The predicted octanol–water partition coefficient (Wildman–Crippen LogP) is 2.70. The molecule has 0 spiro atoms. The van der Waals surface area contributed by atoms with Gasteiger partial charge in [0.1, 0.15) is 5.69 Å². The van der Waals surface area contributed by atoms with Crippen LogP contribution in [0.4, 0.5) is 11.6 Å². The van der Waals surface area contributed by atoms with Crippen LogP contribution in [0.2, 0.25) is 0 Å². The van der Waals surface area contributed by atoms with Gasteiger partial charge in [0.25, 0.3) is 5.91 Å². The lowest BCUT2D eigenvalue weighted by Crippen LogP contribution is -2.32. The molecule has 0 radical (unpaired) electrons. The van der Waals surface area contributed by atoms with E-state index in [1.54, 1.807) is 12.3 Å². The highest BCUT2D eigenvalue weighted by atomic mass is 16.1. The van der Waals surface area contributed by atoms with Gasteiger partial charge in [-0.3, -0.25) is 4.79 Å². The minimum atomic E-state index is -0.168. The molecular weight excluding hydrogens is 276 g/mol. The maximum Gasteiger partial charge on any atom is 0.270 e. The van der Waals surface area contributed by atoms with E-state index in [0.29, 0.717) is 11.6 Å². The molecule has 5 nitrogen and oxygen atoms in total. The smallest absolute Gasteiger partial charge is 0.270 e. The van der Waals surface area contributed by atoms with Crippen LogP contribution in [0.15, 0.2) is 36.5 Å². The lowest BCUT2D eigenvalue weighted by atomic mass is 10.1. The second-order valence-electron chi connectivity index (χ2n) is 5.92. The summed E-state index contributed by atoms with van der Waals surface area (Å²) in [6.45, 7) is 6.00. The van der Waals surface area contributed by atoms with Gasteiger partial charge >= 0.3 is 0 Å². The van der Waals surface area contributed by atoms with Crippen molar-refractivity contribution < 1.29 is 4.79 Å². The number of fused-ring (bicyclic) bond motifs is 1. The van der Waals surface area contributed by atoms with Gasteiger partial charge in [0.15, 0.2) is 0 Å². The molecule has 1 aliphatic heterocycles. The van der Waals surface area contributed by atoms with Gasteiger partial charge in [-0.15, -0.1) is 0 Å². The number of nitrogens with zero attached hydrogens (tertiary/aromatic N) is 3. The Kier molecular flexibility index (Phi) is 3.79. The molecule has 0 saturated heterocycles. The summed E-state index contributed by atoms with van der Waals surface area (Å²) in [5.41, 5.74) is 2.81. The zero-order valence-corrected chi connectivity index (χ0v) is 13.1. The van der Waals surface area contributed by atoms with Crippen molar-refractivity contribution >= 4 is 17.5 Å². The third kappa shape index (κ3) is 2.66. The second kappa shape index (κ2) is 5.75. The molecule has 22 heavy (non-hydrogen) atoms. The fraction of sp³-hybridized carbons (Fsp3) is 0.353. The average Bonchev–Trinajstić information content (AvgIpc) is 2.82. The fourth-order valence-electron chi connectivity index (χ4n) is 2.80. The van der Waals surface area contributed by atoms with Gasteiger partial charge in [0.05, 0.1) is 0 Å². The number of carbonyl (C=O) groups excluding carboxylic acids is 1. The van der Waals surface area contributed by atoms with E-state index in [0.717, 1.165) is 12.1 Å². The standard InChI is InChI=1S/C17H20N4O/c1-11(2)19-16(22)14-8-9-18-17(20-14)21-12(3)10-13-6-4-5-7-15(13)21/h4-9,11-12H,10H2,1-3H3,(H,19,22). The first-order valence-corrected chi connectivity index (χ1v) is 7.57. The topological polar surface area (TPSA) is 58.1 Å². The highest BCUT2D eigenvalue weighted by Crippen LogP contribution is 2.36. The third-order valence-electron chi connectivity index (χ3n) is 3.72. The van der Waals surface area contributed by atoms with E-state index in [4.69, 9.17) is 0 Å². The van der Waals surface area contributed by atoms with Crippen molar-refractivity contribution in [2.75, 3.05) is 4.90 Å². The minimum absolute atomic E-state index is 0.0809. The Labute approximate surface area is 130 Å². The van der Waals surface area contributed by atoms with Gasteiger partial charge in [-0.25, -0.2) is 9.97 Å². The number of nitrogens with one attached hydrogen (secondary N) is 1. The maximum absolute atomic E-state index is 12.1. The first-order chi connectivity index (χ1) is 10.6. The zero-order chi connectivity index (χ0) is 15.7. The SMILES string of the molecule is CC(C)NC(=O)c1ccnc(N2c3ccccc3CC2C)n1. The summed E-state index contributed by atoms with van der Waals surface area (Å²) < 4.78 is 0. The van der Waals surface area contributed by atoms with Crippen molar-refractivity contribution in [1.29, 1.82) is 0 Å². The number of rotatable bonds is 3. The molecule has 1 N–H and O–H groups in total. The van der Waals surface area contributed by atoms with E-state index in [9.17, 15) is 4.79 Å². The van der Waals surface area contributed by atoms with E-state index in [1.165, 1.54) is 5.56 Å². The Morgan fingerprint density at radius 1 is 1.32 bits per heavy atom. The molecule has 0 aliphatic carbocycles. The molecule has 1 unspecified atom stereocenters. The van der Waals surface area contributed by atoms with Crippen molar-refractivity contribution in [3.8, 4) is 0 Å². The van der Waals surface area contributed by atoms with E-state index in [2.05, 4.69) is 39.2 Å². The van der Waals surface area contributed by atoms with Crippen LogP contribution in [-0.2, 0) is 6.42 Å². The number of hydrogen-bond acceptors (Lipinski definition) is 4. The van der Waals surface area contributed by atoms with Gasteiger partial charge in [0, 0.05) is 24.0 Å². The van der Waals surface area contributed by atoms with Crippen LogP contribution in [-0.4, -0.2) is 28.0 Å².